The fourth-order valence-corrected chi connectivity index (χ4v) is 2.70. The molecule has 1 atom stereocenters. The van der Waals surface area contributed by atoms with Crippen LogP contribution in [0.4, 0.5) is 5.95 Å². The van der Waals surface area contributed by atoms with Crippen molar-refractivity contribution in [1.29, 1.82) is 0 Å². The Bertz CT molecular complexity index is 434. The van der Waals surface area contributed by atoms with E-state index < -0.39 is 0 Å². The lowest BCUT2D eigenvalue weighted by Crippen LogP contribution is -2.37. The molecule has 0 spiro atoms. The highest BCUT2D eigenvalue weighted by Crippen LogP contribution is 2.17. The molecule has 2 rings (SSSR count). The van der Waals surface area contributed by atoms with Crippen LogP contribution in [0.5, 0.6) is 0 Å². The molecule has 0 bridgehead atoms. The Morgan fingerprint density at radius 3 is 2.90 bits per heavy atom. The lowest BCUT2D eigenvalue weighted by atomic mass is 10.2. The van der Waals surface area contributed by atoms with Crippen LogP contribution < -0.4 is 10.2 Å². The Morgan fingerprint density at radius 1 is 1.50 bits per heavy atom. The minimum Gasteiger partial charge on any atom is -0.342 e. The van der Waals surface area contributed by atoms with E-state index in [0.717, 1.165) is 31.3 Å². The summed E-state index contributed by atoms with van der Waals surface area (Å²) in [4.78, 5) is 13.8. The first kappa shape index (κ1) is 15.2. The van der Waals surface area contributed by atoms with Crippen LogP contribution in [0.2, 0.25) is 0 Å². The summed E-state index contributed by atoms with van der Waals surface area (Å²) in [6.45, 7) is 8.19. The fraction of sp³-hybridized carbons (Fsp3) is 0.733. The second-order valence-corrected chi connectivity index (χ2v) is 5.72. The number of aromatic nitrogens is 2. The van der Waals surface area contributed by atoms with Crippen molar-refractivity contribution in [2.75, 3.05) is 38.6 Å². The van der Waals surface area contributed by atoms with Gasteiger partial charge < -0.3 is 15.1 Å². The van der Waals surface area contributed by atoms with Gasteiger partial charge in [-0.05, 0) is 39.9 Å². The van der Waals surface area contributed by atoms with Crippen molar-refractivity contribution in [3.8, 4) is 0 Å². The summed E-state index contributed by atoms with van der Waals surface area (Å²) in [6.07, 6.45) is 4.53. The van der Waals surface area contributed by atoms with E-state index in [1.165, 1.54) is 24.9 Å². The Labute approximate surface area is 122 Å². The van der Waals surface area contributed by atoms with Crippen molar-refractivity contribution in [3.05, 3.63) is 17.5 Å². The average Bonchev–Trinajstić information content (AvgIpc) is 2.83. The molecule has 1 aliphatic rings. The molecule has 0 saturated carbocycles. The zero-order valence-electron chi connectivity index (χ0n) is 13.2. The zero-order chi connectivity index (χ0) is 14.5. The van der Waals surface area contributed by atoms with Gasteiger partial charge in [-0.3, -0.25) is 0 Å². The van der Waals surface area contributed by atoms with Crippen molar-refractivity contribution in [2.45, 2.75) is 39.3 Å². The van der Waals surface area contributed by atoms with Crippen molar-refractivity contribution in [2.24, 2.45) is 0 Å². The van der Waals surface area contributed by atoms with Gasteiger partial charge in [-0.15, -0.1) is 0 Å². The minimum atomic E-state index is 0.630. The maximum atomic E-state index is 4.65. The number of likely N-dealkylation sites (N-methyl/N-ethyl adjacent to an activating group) is 2. The third-order valence-electron chi connectivity index (χ3n) is 4.13. The normalized spacial score (nSPS) is 19.5. The molecule has 0 aromatic carbocycles. The Kier molecular flexibility index (Phi) is 5.31. The summed E-state index contributed by atoms with van der Waals surface area (Å²) in [5.41, 5.74) is 2.25. The van der Waals surface area contributed by atoms with Crippen molar-refractivity contribution in [3.63, 3.8) is 0 Å². The molecular weight excluding hydrogens is 250 g/mol. The van der Waals surface area contributed by atoms with Crippen LogP contribution in [-0.4, -0.2) is 54.6 Å². The SMILES string of the molecule is CCNCc1cnc(N(C)CC2CCCN2C)nc1C. The summed E-state index contributed by atoms with van der Waals surface area (Å²) in [7, 11) is 4.29. The van der Waals surface area contributed by atoms with E-state index in [1.54, 1.807) is 0 Å². The monoisotopic (exact) mass is 277 g/mol. The summed E-state index contributed by atoms with van der Waals surface area (Å²) in [5, 5.41) is 3.32. The zero-order valence-corrected chi connectivity index (χ0v) is 13.2. The molecule has 5 nitrogen and oxygen atoms in total. The van der Waals surface area contributed by atoms with Gasteiger partial charge in [0.15, 0.2) is 0 Å². The predicted octanol–water partition coefficient (Wildman–Crippen LogP) is 1.42. The molecular formula is C15H27N5. The summed E-state index contributed by atoms with van der Waals surface area (Å²) >= 11 is 0. The van der Waals surface area contributed by atoms with Gasteiger partial charge in [0.25, 0.3) is 0 Å². The lowest BCUT2D eigenvalue weighted by molar-refractivity contribution is 0.313. The number of anilines is 1. The van der Waals surface area contributed by atoms with Gasteiger partial charge in [-0.1, -0.05) is 6.92 Å². The predicted molar refractivity (Wildman–Crippen MR) is 83.1 cm³/mol. The number of rotatable bonds is 6. The largest absolute Gasteiger partial charge is 0.342 e. The first-order valence-electron chi connectivity index (χ1n) is 7.56. The van der Waals surface area contributed by atoms with Gasteiger partial charge >= 0.3 is 0 Å². The van der Waals surface area contributed by atoms with Gasteiger partial charge in [0, 0.05) is 43.6 Å². The van der Waals surface area contributed by atoms with Gasteiger partial charge in [-0.25, -0.2) is 9.97 Å². The van der Waals surface area contributed by atoms with Crippen LogP contribution in [0.25, 0.3) is 0 Å². The summed E-state index contributed by atoms with van der Waals surface area (Å²) in [6, 6.07) is 0.630. The van der Waals surface area contributed by atoms with Crippen molar-refractivity contribution < 1.29 is 0 Å². The summed E-state index contributed by atoms with van der Waals surface area (Å²) in [5.74, 6) is 0.836. The molecule has 1 aromatic rings. The Balaban J connectivity index is 1.99. The molecule has 1 aliphatic heterocycles. The van der Waals surface area contributed by atoms with E-state index in [-0.39, 0.29) is 0 Å². The van der Waals surface area contributed by atoms with E-state index >= 15 is 0 Å². The third kappa shape index (κ3) is 3.67. The minimum absolute atomic E-state index is 0.630. The second kappa shape index (κ2) is 6.99. The van der Waals surface area contributed by atoms with Gasteiger partial charge in [0.2, 0.25) is 5.95 Å². The van der Waals surface area contributed by atoms with Crippen LogP contribution in [-0.2, 0) is 6.54 Å². The fourth-order valence-electron chi connectivity index (χ4n) is 2.70. The molecule has 112 valence electrons. The quantitative estimate of drug-likeness (QED) is 0.852. The van der Waals surface area contributed by atoms with E-state index in [2.05, 4.69) is 53.0 Å². The Hall–Kier alpha value is -1.20. The molecule has 1 unspecified atom stereocenters. The van der Waals surface area contributed by atoms with Crippen LogP contribution in [0, 0.1) is 6.92 Å². The van der Waals surface area contributed by atoms with E-state index in [0.29, 0.717) is 6.04 Å². The number of hydrogen-bond donors (Lipinski definition) is 1. The number of likely N-dealkylation sites (tertiary alicyclic amines) is 1. The standard InChI is InChI=1S/C15H27N5/c1-5-16-9-13-10-17-15(18-12(13)2)20(4)11-14-7-6-8-19(14)3/h10,14,16H,5-9,11H2,1-4H3. The van der Waals surface area contributed by atoms with Crippen LogP contribution >= 0.6 is 0 Å². The van der Waals surface area contributed by atoms with Gasteiger partial charge in [0.1, 0.15) is 0 Å². The lowest BCUT2D eigenvalue weighted by Gasteiger charge is -2.26. The summed E-state index contributed by atoms with van der Waals surface area (Å²) < 4.78 is 0. The number of hydrogen-bond acceptors (Lipinski definition) is 5. The molecule has 1 saturated heterocycles. The molecule has 0 amide bonds. The third-order valence-corrected chi connectivity index (χ3v) is 4.13. The molecule has 0 radical (unpaired) electrons. The van der Waals surface area contributed by atoms with Crippen molar-refractivity contribution in [1.82, 2.24) is 20.2 Å². The topological polar surface area (TPSA) is 44.3 Å². The van der Waals surface area contributed by atoms with Gasteiger partial charge in [0.05, 0.1) is 0 Å². The van der Waals surface area contributed by atoms with E-state index in [1.807, 2.05) is 6.20 Å². The maximum absolute atomic E-state index is 4.65. The number of aryl methyl sites for hydroxylation is 1. The highest BCUT2D eigenvalue weighted by molar-refractivity contribution is 5.32. The van der Waals surface area contributed by atoms with Crippen LogP contribution in [0.1, 0.15) is 31.0 Å². The Morgan fingerprint density at radius 2 is 2.30 bits per heavy atom. The smallest absolute Gasteiger partial charge is 0.225 e. The molecule has 1 N–H and O–H groups in total. The highest BCUT2D eigenvalue weighted by atomic mass is 15.3. The average molecular weight is 277 g/mol. The second-order valence-electron chi connectivity index (χ2n) is 5.72. The molecule has 1 aromatic heterocycles. The first-order valence-corrected chi connectivity index (χ1v) is 7.56. The van der Waals surface area contributed by atoms with Gasteiger partial charge in [-0.2, -0.15) is 0 Å². The van der Waals surface area contributed by atoms with E-state index in [4.69, 9.17) is 0 Å². The number of nitrogens with one attached hydrogen (secondary N) is 1. The maximum Gasteiger partial charge on any atom is 0.225 e. The molecule has 5 heteroatoms. The molecule has 0 aliphatic carbocycles. The van der Waals surface area contributed by atoms with E-state index in [9.17, 15) is 0 Å². The number of nitrogens with zero attached hydrogens (tertiary/aromatic N) is 4. The molecule has 2 heterocycles. The first-order chi connectivity index (χ1) is 9.61. The van der Waals surface area contributed by atoms with Crippen LogP contribution in [0.15, 0.2) is 6.20 Å². The molecule has 1 fully saturated rings. The van der Waals surface area contributed by atoms with Crippen LogP contribution in [0.3, 0.4) is 0 Å². The molecule has 20 heavy (non-hydrogen) atoms. The van der Waals surface area contributed by atoms with Crippen molar-refractivity contribution >= 4 is 5.95 Å². The highest BCUT2D eigenvalue weighted by Gasteiger charge is 2.23.